The van der Waals surface area contributed by atoms with Crippen LogP contribution in [0, 0.1) is 6.92 Å². The number of benzene rings is 3. The molecule has 27 heavy (non-hydrogen) atoms. The van der Waals surface area contributed by atoms with E-state index in [1.54, 1.807) is 67.6 Å². The van der Waals surface area contributed by atoms with Crippen LogP contribution in [-0.4, -0.2) is 11.9 Å². The maximum atomic E-state index is 12.3. The fourth-order valence-electron chi connectivity index (χ4n) is 2.41. The van der Waals surface area contributed by atoms with E-state index in [1.807, 2.05) is 0 Å². The molecule has 0 aliphatic carbocycles. The van der Waals surface area contributed by atoms with Gasteiger partial charge in [0.25, 0.3) is 0 Å². The van der Waals surface area contributed by atoms with Crippen molar-refractivity contribution in [1.82, 2.24) is 0 Å². The van der Waals surface area contributed by atoms with Crippen molar-refractivity contribution in [3.8, 4) is 11.5 Å². The molecule has 0 bridgehead atoms. The largest absolute Gasteiger partial charge is 0.423 e. The van der Waals surface area contributed by atoms with Gasteiger partial charge in [-0.15, -0.1) is 0 Å². The lowest BCUT2D eigenvalue weighted by Gasteiger charge is -2.10. The maximum Gasteiger partial charge on any atom is 0.345 e. The molecule has 0 heterocycles. The first-order valence-corrected chi connectivity index (χ1v) is 8.75. The number of hydrogen-bond acceptors (Lipinski definition) is 4. The molecule has 0 unspecified atom stereocenters. The monoisotopic (exact) mass is 400 g/mol. The van der Waals surface area contributed by atoms with Gasteiger partial charge in [0.15, 0.2) is 0 Å². The fourth-order valence-corrected chi connectivity index (χ4v) is 2.84. The molecule has 3 aromatic rings. The molecular formula is C21H14Cl2O4. The second kappa shape index (κ2) is 8.25. The van der Waals surface area contributed by atoms with E-state index in [-0.39, 0.29) is 22.6 Å². The number of halogens is 2. The Bertz CT molecular complexity index is 937. The van der Waals surface area contributed by atoms with Gasteiger partial charge in [-0.25, -0.2) is 9.59 Å². The first kappa shape index (κ1) is 19.0. The van der Waals surface area contributed by atoms with Gasteiger partial charge in [0, 0.05) is 6.07 Å². The van der Waals surface area contributed by atoms with Crippen LogP contribution >= 0.6 is 23.2 Å². The lowest BCUT2D eigenvalue weighted by molar-refractivity contribution is 0.0733. The molecule has 0 saturated carbocycles. The van der Waals surface area contributed by atoms with Gasteiger partial charge < -0.3 is 9.47 Å². The van der Waals surface area contributed by atoms with Gasteiger partial charge in [-0.1, -0.05) is 47.5 Å². The normalized spacial score (nSPS) is 10.3. The maximum absolute atomic E-state index is 12.3. The Morgan fingerprint density at radius 1 is 0.704 bits per heavy atom. The highest BCUT2D eigenvalue weighted by Gasteiger charge is 2.15. The second-order valence-corrected chi connectivity index (χ2v) is 6.53. The Morgan fingerprint density at radius 3 is 1.52 bits per heavy atom. The molecule has 3 rings (SSSR count). The number of rotatable bonds is 4. The summed E-state index contributed by atoms with van der Waals surface area (Å²) in [6, 6.07) is 17.9. The van der Waals surface area contributed by atoms with Gasteiger partial charge in [0.05, 0.1) is 21.2 Å². The van der Waals surface area contributed by atoms with E-state index >= 15 is 0 Å². The quantitative estimate of drug-likeness (QED) is 0.413. The highest BCUT2D eigenvalue weighted by Crippen LogP contribution is 2.26. The summed E-state index contributed by atoms with van der Waals surface area (Å²) in [7, 11) is 0. The average molecular weight is 401 g/mol. The molecule has 0 fully saturated rings. The standard InChI is InChI=1S/C21H14Cl2O4/c1-13-10-14(26-20(24)16-6-2-4-8-18(16)22)12-15(11-13)27-21(25)17-7-3-5-9-19(17)23/h2-12H,1H3. The molecule has 4 nitrogen and oxygen atoms in total. The zero-order valence-electron chi connectivity index (χ0n) is 14.2. The van der Waals surface area contributed by atoms with E-state index in [1.165, 1.54) is 6.07 Å². The van der Waals surface area contributed by atoms with Crippen molar-refractivity contribution in [3.05, 3.63) is 93.5 Å². The summed E-state index contributed by atoms with van der Waals surface area (Å²) >= 11 is 12.0. The van der Waals surface area contributed by atoms with Crippen LogP contribution in [0.2, 0.25) is 10.0 Å². The van der Waals surface area contributed by atoms with Crippen molar-refractivity contribution in [2.24, 2.45) is 0 Å². The Morgan fingerprint density at radius 2 is 1.11 bits per heavy atom. The van der Waals surface area contributed by atoms with Crippen molar-refractivity contribution in [2.45, 2.75) is 6.92 Å². The van der Waals surface area contributed by atoms with Gasteiger partial charge in [-0.2, -0.15) is 0 Å². The molecule has 0 amide bonds. The molecule has 0 aliphatic rings. The molecular weight excluding hydrogens is 387 g/mol. The van der Waals surface area contributed by atoms with Crippen LogP contribution in [0.4, 0.5) is 0 Å². The van der Waals surface area contributed by atoms with Crippen LogP contribution in [0.1, 0.15) is 26.3 Å². The number of hydrogen-bond donors (Lipinski definition) is 0. The topological polar surface area (TPSA) is 52.6 Å². The fraction of sp³-hybridized carbons (Fsp3) is 0.0476. The molecule has 136 valence electrons. The predicted octanol–water partition coefficient (Wildman–Crippen LogP) is 5.74. The Hall–Kier alpha value is -2.82. The van der Waals surface area contributed by atoms with Crippen LogP contribution in [0.15, 0.2) is 66.7 Å². The van der Waals surface area contributed by atoms with E-state index < -0.39 is 11.9 Å². The summed E-state index contributed by atoms with van der Waals surface area (Å²) in [4.78, 5) is 24.6. The first-order chi connectivity index (χ1) is 12.9. The molecule has 0 aromatic heterocycles. The van der Waals surface area contributed by atoms with E-state index in [0.717, 1.165) is 5.56 Å². The summed E-state index contributed by atoms with van der Waals surface area (Å²) in [5.74, 6) is -0.729. The molecule has 0 atom stereocenters. The zero-order valence-corrected chi connectivity index (χ0v) is 15.8. The summed E-state index contributed by atoms with van der Waals surface area (Å²) in [6.07, 6.45) is 0. The van der Waals surface area contributed by atoms with E-state index in [0.29, 0.717) is 10.0 Å². The van der Waals surface area contributed by atoms with Crippen LogP contribution in [0.3, 0.4) is 0 Å². The van der Waals surface area contributed by atoms with Gasteiger partial charge in [0.1, 0.15) is 11.5 Å². The highest BCUT2D eigenvalue weighted by molar-refractivity contribution is 6.34. The van der Waals surface area contributed by atoms with Crippen molar-refractivity contribution in [1.29, 1.82) is 0 Å². The van der Waals surface area contributed by atoms with E-state index in [9.17, 15) is 9.59 Å². The number of aryl methyl sites for hydroxylation is 1. The SMILES string of the molecule is Cc1cc(OC(=O)c2ccccc2Cl)cc(OC(=O)c2ccccc2Cl)c1. The molecule has 0 spiro atoms. The van der Waals surface area contributed by atoms with Gasteiger partial charge in [-0.3, -0.25) is 0 Å². The lowest BCUT2D eigenvalue weighted by atomic mass is 10.2. The molecule has 3 aromatic carbocycles. The minimum atomic E-state index is -0.602. The third-order valence-electron chi connectivity index (χ3n) is 3.63. The van der Waals surface area contributed by atoms with Gasteiger partial charge in [0.2, 0.25) is 0 Å². The molecule has 6 heteroatoms. The molecule has 0 N–H and O–H groups in total. The highest BCUT2D eigenvalue weighted by atomic mass is 35.5. The van der Waals surface area contributed by atoms with E-state index in [4.69, 9.17) is 32.7 Å². The molecule has 0 radical (unpaired) electrons. The Kier molecular flexibility index (Phi) is 5.79. The number of carbonyl (C=O) groups excluding carboxylic acids is 2. The minimum absolute atomic E-state index is 0.238. The summed E-state index contributed by atoms with van der Waals surface area (Å²) in [5.41, 5.74) is 1.24. The van der Waals surface area contributed by atoms with Crippen molar-refractivity contribution in [2.75, 3.05) is 0 Å². The summed E-state index contributed by atoms with van der Waals surface area (Å²) in [5, 5.41) is 0.584. The van der Waals surface area contributed by atoms with Gasteiger partial charge >= 0.3 is 11.9 Å². The zero-order chi connectivity index (χ0) is 19.4. The summed E-state index contributed by atoms with van der Waals surface area (Å²) in [6.45, 7) is 1.79. The van der Waals surface area contributed by atoms with Gasteiger partial charge in [-0.05, 0) is 48.9 Å². The van der Waals surface area contributed by atoms with E-state index in [2.05, 4.69) is 0 Å². The predicted molar refractivity (Wildman–Crippen MR) is 104 cm³/mol. The number of carbonyl (C=O) groups is 2. The van der Waals surface area contributed by atoms with Crippen LogP contribution in [-0.2, 0) is 0 Å². The van der Waals surface area contributed by atoms with Crippen LogP contribution in [0.5, 0.6) is 11.5 Å². The summed E-state index contributed by atoms with van der Waals surface area (Å²) < 4.78 is 10.7. The van der Waals surface area contributed by atoms with Crippen molar-refractivity contribution in [3.63, 3.8) is 0 Å². The Balaban J connectivity index is 1.80. The third kappa shape index (κ3) is 4.67. The van der Waals surface area contributed by atoms with Crippen LogP contribution < -0.4 is 9.47 Å². The first-order valence-electron chi connectivity index (χ1n) is 7.99. The van der Waals surface area contributed by atoms with Crippen molar-refractivity contribution < 1.29 is 19.1 Å². The molecule has 0 saturated heterocycles. The van der Waals surface area contributed by atoms with Crippen LogP contribution in [0.25, 0.3) is 0 Å². The third-order valence-corrected chi connectivity index (χ3v) is 4.29. The minimum Gasteiger partial charge on any atom is -0.423 e. The van der Waals surface area contributed by atoms with Crippen molar-refractivity contribution >= 4 is 35.1 Å². The smallest absolute Gasteiger partial charge is 0.345 e. The number of ether oxygens (including phenoxy) is 2. The average Bonchev–Trinajstić information content (AvgIpc) is 2.61. The molecule has 0 aliphatic heterocycles. The lowest BCUT2D eigenvalue weighted by Crippen LogP contribution is -2.11. The Labute approximate surface area is 166 Å². The number of esters is 2. The second-order valence-electron chi connectivity index (χ2n) is 5.72.